The molecule has 0 unspecified atom stereocenters. The first-order chi connectivity index (χ1) is 15.0. The van der Waals surface area contributed by atoms with Crippen molar-refractivity contribution in [2.45, 2.75) is 57.5 Å². The first-order valence-electron chi connectivity index (χ1n) is 10.7. The molecule has 160 valence electrons. The van der Waals surface area contributed by atoms with Gasteiger partial charge in [-0.25, -0.2) is 4.68 Å². The van der Waals surface area contributed by atoms with Crippen molar-refractivity contribution in [1.82, 2.24) is 20.0 Å². The quantitative estimate of drug-likeness (QED) is 0.634. The molecule has 1 saturated carbocycles. The molecule has 1 saturated heterocycles. The maximum Gasteiger partial charge on any atom is 0.261 e. The number of hydrogen-bond donors (Lipinski definition) is 1. The zero-order valence-electron chi connectivity index (χ0n) is 17.3. The smallest absolute Gasteiger partial charge is 0.261 e. The lowest BCUT2D eigenvalue weighted by Crippen LogP contribution is -2.45. The largest absolute Gasteiger partial charge is 0.349 e. The zero-order chi connectivity index (χ0) is 21.5. The highest BCUT2D eigenvalue weighted by atomic mass is 32.1. The molecule has 1 N–H and O–H groups in total. The van der Waals surface area contributed by atoms with Crippen LogP contribution in [0.1, 0.15) is 53.9 Å². The molecule has 5 rings (SSSR count). The van der Waals surface area contributed by atoms with Crippen molar-refractivity contribution in [3.63, 3.8) is 0 Å². The van der Waals surface area contributed by atoms with E-state index in [0.29, 0.717) is 17.7 Å². The van der Waals surface area contributed by atoms with Gasteiger partial charge < -0.3 is 5.32 Å². The minimum atomic E-state index is -0.0722. The van der Waals surface area contributed by atoms with E-state index in [1.54, 1.807) is 0 Å². The lowest BCUT2D eigenvalue weighted by molar-refractivity contribution is -0.141. The normalized spacial score (nSPS) is 21.8. The Hall–Kier alpha value is -3.00. The van der Waals surface area contributed by atoms with Crippen LogP contribution in [0.4, 0.5) is 0 Å². The molecule has 3 aromatic rings. The van der Waals surface area contributed by atoms with Crippen molar-refractivity contribution in [3.8, 4) is 5.69 Å². The van der Waals surface area contributed by atoms with Gasteiger partial charge in [0.2, 0.25) is 11.8 Å². The summed E-state index contributed by atoms with van der Waals surface area (Å²) in [7, 11) is 0. The lowest BCUT2D eigenvalue weighted by atomic mass is 9.90. The van der Waals surface area contributed by atoms with E-state index in [2.05, 4.69) is 10.4 Å². The number of rotatable bonds is 4. The number of amides is 3. The van der Waals surface area contributed by atoms with Gasteiger partial charge >= 0.3 is 0 Å². The number of nitrogens with zero attached hydrogens (tertiary/aromatic N) is 3. The van der Waals surface area contributed by atoms with Crippen LogP contribution >= 0.6 is 11.3 Å². The molecule has 3 heterocycles. The Morgan fingerprint density at radius 2 is 1.74 bits per heavy atom. The number of para-hydroxylation sites is 1. The van der Waals surface area contributed by atoms with Gasteiger partial charge in [-0.2, -0.15) is 5.10 Å². The van der Waals surface area contributed by atoms with E-state index in [-0.39, 0.29) is 29.8 Å². The Labute approximate surface area is 184 Å². The number of likely N-dealkylation sites (tertiary alicyclic amines) is 1. The van der Waals surface area contributed by atoms with Crippen LogP contribution in [0.3, 0.4) is 0 Å². The van der Waals surface area contributed by atoms with Gasteiger partial charge in [0, 0.05) is 30.3 Å². The van der Waals surface area contributed by atoms with Gasteiger partial charge in [0.1, 0.15) is 4.83 Å². The predicted molar refractivity (Wildman–Crippen MR) is 118 cm³/mol. The van der Waals surface area contributed by atoms with Gasteiger partial charge in [-0.1, -0.05) is 18.2 Å². The van der Waals surface area contributed by atoms with Crippen LogP contribution in [0.25, 0.3) is 15.9 Å². The Morgan fingerprint density at radius 3 is 2.42 bits per heavy atom. The Morgan fingerprint density at radius 1 is 1.06 bits per heavy atom. The van der Waals surface area contributed by atoms with Gasteiger partial charge in [0.25, 0.3) is 5.91 Å². The molecule has 0 spiro atoms. The summed E-state index contributed by atoms with van der Waals surface area (Å²) in [5, 5.41) is 8.78. The Kier molecular flexibility index (Phi) is 5.09. The second-order valence-corrected chi connectivity index (χ2v) is 9.33. The van der Waals surface area contributed by atoms with Crippen LogP contribution in [-0.2, 0) is 9.59 Å². The van der Waals surface area contributed by atoms with Crippen LogP contribution < -0.4 is 5.32 Å². The summed E-state index contributed by atoms with van der Waals surface area (Å²) in [6, 6.07) is 11.9. The number of nitrogens with one attached hydrogen (secondary N) is 1. The third kappa shape index (κ3) is 3.65. The van der Waals surface area contributed by atoms with E-state index < -0.39 is 0 Å². The van der Waals surface area contributed by atoms with Crippen molar-refractivity contribution in [3.05, 3.63) is 47.0 Å². The molecule has 2 aromatic heterocycles. The van der Waals surface area contributed by atoms with Crippen molar-refractivity contribution < 1.29 is 14.4 Å². The third-order valence-corrected chi connectivity index (χ3v) is 7.37. The molecule has 0 atom stereocenters. The first kappa shape index (κ1) is 19.9. The number of hydrogen-bond acceptors (Lipinski definition) is 5. The molecule has 8 heteroatoms. The highest BCUT2D eigenvalue weighted by Crippen LogP contribution is 2.31. The summed E-state index contributed by atoms with van der Waals surface area (Å²) in [6.45, 7) is 1.96. The third-order valence-electron chi connectivity index (χ3n) is 6.26. The van der Waals surface area contributed by atoms with E-state index in [1.165, 1.54) is 16.2 Å². The number of carbonyl (C=O) groups is 3. The number of aromatic nitrogens is 2. The fourth-order valence-corrected chi connectivity index (χ4v) is 5.73. The Balaban J connectivity index is 1.27. The van der Waals surface area contributed by atoms with E-state index in [1.807, 2.05) is 48.0 Å². The number of carbonyl (C=O) groups excluding carboxylic acids is 3. The minimum absolute atomic E-state index is 0.0144. The SMILES string of the molecule is Cc1nn(-c2ccccc2)c2sc(C(=O)NC3CCC(N4C(=O)CCC4=O)CC3)cc12. The second kappa shape index (κ2) is 7.92. The summed E-state index contributed by atoms with van der Waals surface area (Å²) < 4.78 is 1.89. The number of thiophene rings is 1. The molecule has 7 nitrogen and oxygen atoms in total. The molecular formula is C23H24N4O3S. The van der Waals surface area contributed by atoms with Crippen LogP contribution in [-0.4, -0.2) is 44.5 Å². The first-order valence-corrected chi connectivity index (χ1v) is 11.5. The average Bonchev–Trinajstić information content (AvgIpc) is 3.45. The lowest BCUT2D eigenvalue weighted by Gasteiger charge is -2.33. The summed E-state index contributed by atoms with van der Waals surface area (Å²) in [5.41, 5.74) is 1.87. The van der Waals surface area contributed by atoms with E-state index in [0.717, 1.165) is 47.3 Å². The molecule has 1 aromatic carbocycles. The fourth-order valence-electron chi connectivity index (χ4n) is 4.64. The average molecular weight is 437 g/mol. The van der Waals surface area contributed by atoms with Crippen molar-refractivity contribution in [2.24, 2.45) is 0 Å². The van der Waals surface area contributed by atoms with Crippen LogP contribution in [0.5, 0.6) is 0 Å². The molecule has 0 bridgehead atoms. The molecular weight excluding hydrogens is 412 g/mol. The van der Waals surface area contributed by atoms with E-state index >= 15 is 0 Å². The number of imide groups is 1. The number of fused-ring (bicyclic) bond motifs is 1. The summed E-state index contributed by atoms with van der Waals surface area (Å²) in [5.74, 6) is -0.173. The standard InChI is InChI=1S/C23H24N4O3S/c1-14-18-13-19(31-23(18)27(25-14)17-5-3-2-4-6-17)22(30)24-15-7-9-16(10-8-15)26-20(28)11-12-21(26)29/h2-6,13,15-16H,7-12H2,1H3,(H,24,30). The highest BCUT2D eigenvalue weighted by molar-refractivity contribution is 7.20. The van der Waals surface area contributed by atoms with E-state index in [4.69, 9.17) is 0 Å². The molecule has 31 heavy (non-hydrogen) atoms. The van der Waals surface area contributed by atoms with Crippen LogP contribution in [0.2, 0.25) is 0 Å². The van der Waals surface area contributed by atoms with Gasteiger partial charge in [0.05, 0.1) is 16.3 Å². The van der Waals surface area contributed by atoms with Gasteiger partial charge in [-0.15, -0.1) is 11.3 Å². The predicted octanol–water partition coefficient (Wildman–Crippen LogP) is 3.59. The molecule has 1 aliphatic carbocycles. The monoisotopic (exact) mass is 436 g/mol. The number of aryl methyl sites for hydroxylation is 1. The summed E-state index contributed by atoms with van der Waals surface area (Å²) in [6.07, 6.45) is 3.71. The minimum Gasteiger partial charge on any atom is -0.349 e. The van der Waals surface area contributed by atoms with Gasteiger partial charge in [0.15, 0.2) is 0 Å². The van der Waals surface area contributed by atoms with Crippen LogP contribution in [0.15, 0.2) is 36.4 Å². The summed E-state index contributed by atoms with van der Waals surface area (Å²) in [4.78, 5) is 40.0. The zero-order valence-corrected chi connectivity index (χ0v) is 18.2. The molecule has 0 radical (unpaired) electrons. The van der Waals surface area contributed by atoms with Crippen molar-refractivity contribution >= 4 is 39.3 Å². The highest BCUT2D eigenvalue weighted by Gasteiger charge is 2.37. The van der Waals surface area contributed by atoms with Gasteiger partial charge in [-0.05, 0) is 50.8 Å². The molecule has 2 aliphatic rings. The van der Waals surface area contributed by atoms with Gasteiger partial charge in [-0.3, -0.25) is 19.3 Å². The molecule has 3 amide bonds. The Bertz CT molecular complexity index is 1140. The fraction of sp³-hybridized carbons (Fsp3) is 0.391. The maximum atomic E-state index is 12.9. The topological polar surface area (TPSA) is 84.3 Å². The molecule has 2 fully saturated rings. The van der Waals surface area contributed by atoms with Crippen LogP contribution in [0, 0.1) is 6.92 Å². The maximum absolute atomic E-state index is 12.9. The van der Waals surface area contributed by atoms with E-state index in [9.17, 15) is 14.4 Å². The van der Waals surface area contributed by atoms with Crippen molar-refractivity contribution in [1.29, 1.82) is 0 Å². The second-order valence-electron chi connectivity index (χ2n) is 8.30. The molecule has 1 aliphatic heterocycles. The number of benzene rings is 1. The van der Waals surface area contributed by atoms with Crippen molar-refractivity contribution in [2.75, 3.05) is 0 Å². The summed E-state index contributed by atoms with van der Waals surface area (Å²) >= 11 is 1.45.